The predicted molar refractivity (Wildman–Crippen MR) is 76.1 cm³/mol. The Morgan fingerprint density at radius 2 is 2.10 bits per heavy atom. The summed E-state index contributed by atoms with van der Waals surface area (Å²) >= 11 is 1.19. The molecule has 0 aliphatic carbocycles. The van der Waals surface area contributed by atoms with Gasteiger partial charge in [-0.1, -0.05) is 0 Å². The van der Waals surface area contributed by atoms with Gasteiger partial charge in [0.1, 0.15) is 0 Å². The second kappa shape index (κ2) is 5.14. The van der Waals surface area contributed by atoms with E-state index in [0.717, 1.165) is 12.8 Å². The first kappa shape index (κ1) is 13.5. The van der Waals surface area contributed by atoms with Crippen molar-refractivity contribution in [3.8, 4) is 0 Å². The van der Waals surface area contributed by atoms with Crippen molar-refractivity contribution in [2.24, 2.45) is 0 Å². The van der Waals surface area contributed by atoms with E-state index in [4.69, 9.17) is 0 Å². The van der Waals surface area contributed by atoms with Crippen molar-refractivity contribution in [2.45, 2.75) is 50.7 Å². The predicted octanol–water partition coefficient (Wildman–Crippen LogP) is 1.98. The maximum atomic E-state index is 12.2. The van der Waals surface area contributed by atoms with Crippen molar-refractivity contribution in [1.29, 1.82) is 0 Å². The molecule has 2 saturated heterocycles. The standard InChI is InChI=1S/C13H17N3O3S/c1-7-11(16(18)19)6-12(20-7)13(17)15-10-4-8-2-3-9(5-10)14-8/h6,8-10,14H,2-5H2,1H3,(H,15,17). The molecule has 0 aromatic carbocycles. The van der Waals surface area contributed by atoms with E-state index in [1.165, 1.54) is 30.2 Å². The number of nitrogens with zero attached hydrogens (tertiary/aromatic N) is 1. The van der Waals surface area contributed by atoms with Crippen molar-refractivity contribution < 1.29 is 9.72 Å². The minimum Gasteiger partial charge on any atom is -0.348 e. The van der Waals surface area contributed by atoms with E-state index < -0.39 is 4.92 Å². The van der Waals surface area contributed by atoms with Gasteiger partial charge in [0, 0.05) is 24.2 Å². The molecule has 1 aromatic heterocycles. The Balaban J connectivity index is 1.67. The quantitative estimate of drug-likeness (QED) is 0.659. The fourth-order valence-corrected chi connectivity index (χ4v) is 4.09. The Morgan fingerprint density at radius 3 is 2.65 bits per heavy atom. The zero-order valence-electron chi connectivity index (χ0n) is 11.2. The van der Waals surface area contributed by atoms with E-state index in [2.05, 4.69) is 10.6 Å². The molecular formula is C13H17N3O3S. The highest BCUT2D eigenvalue weighted by atomic mass is 32.1. The van der Waals surface area contributed by atoms with Crippen molar-refractivity contribution in [3.63, 3.8) is 0 Å². The number of hydrogen-bond acceptors (Lipinski definition) is 5. The van der Waals surface area contributed by atoms with E-state index in [1.807, 2.05) is 0 Å². The summed E-state index contributed by atoms with van der Waals surface area (Å²) in [4.78, 5) is 23.6. The molecule has 1 aromatic rings. The summed E-state index contributed by atoms with van der Waals surface area (Å²) in [6.07, 6.45) is 4.27. The number of thiophene rings is 1. The molecule has 0 saturated carbocycles. The first-order valence-electron chi connectivity index (χ1n) is 6.84. The largest absolute Gasteiger partial charge is 0.348 e. The summed E-state index contributed by atoms with van der Waals surface area (Å²) in [6, 6.07) is 2.59. The molecule has 1 amide bonds. The Hall–Kier alpha value is -1.47. The molecule has 2 fully saturated rings. The van der Waals surface area contributed by atoms with Gasteiger partial charge in [-0.3, -0.25) is 14.9 Å². The van der Waals surface area contributed by atoms with Gasteiger partial charge in [-0.25, -0.2) is 0 Å². The van der Waals surface area contributed by atoms with Crippen molar-refractivity contribution >= 4 is 22.9 Å². The van der Waals surface area contributed by atoms with Gasteiger partial charge >= 0.3 is 0 Å². The van der Waals surface area contributed by atoms with Crippen LogP contribution in [0.1, 0.15) is 40.2 Å². The monoisotopic (exact) mass is 295 g/mol. The molecule has 2 aliphatic heterocycles. The van der Waals surface area contributed by atoms with Crippen LogP contribution in [-0.4, -0.2) is 29.0 Å². The zero-order valence-corrected chi connectivity index (χ0v) is 12.0. The summed E-state index contributed by atoms with van der Waals surface area (Å²) in [7, 11) is 0. The smallest absolute Gasteiger partial charge is 0.283 e. The lowest BCUT2D eigenvalue weighted by Crippen LogP contribution is -2.47. The number of nitrogens with one attached hydrogen (secondary N) is 2. The van der Waals surface area contributed by atoms with E-state index in [1.54, 1.807) is 6.92 Å². The van der Waals surface area contributed by atoms with Crippen LogP contribution in [0.15, 0.2) is 6.07 Å². The van der Waals surface area contributed by atoms with Crippen LogP contribution >= 0.6 is 11.3 Å². The van der Waals surface area contributed by atoms with Gasteiger partial charge in [0.15, 0.2) is 0 Å². The SMILES string of the molecule is Cc1sc(C(=O)NC2CC3CCC(C2)N3)cc1[N+](=O)[O-]. The molecule has 3 heterocycles. The van der Waals surface area contributed by atoms with Gasteiger partial charge in [-0.2, -0.15) is 0 Å². The molecule has 2 bridgehead atoms. The molecule has 2 unspecified atom stereocenters. The van der Waals surface area contributed by atoms with E-state index in [9.17, 15) is 14.9 Å². The van der Waals surface area contributed by atoms with Crippen LogP contribution < -0.4 is 10.6 Å². The number of carbonyl (C=O) groups is 1. The van der Waals surface area contributed by atoms with Gasteiger partial charge < -0.3 is 10.6 Å². The maximum Gasteiger partial charge on any atom is 0.283 e. The van der Waals surface area contributed by atoms with Crippen molar-refractivity contribution in [1.82, 2.24) is 10.6 Å². The van der Waals surface area contributed by atoms with Crippen molar-refractivity contribution in [3.05, 3.63) is 25.9 Å². The molecule has 6 nitrogen and oxygen atoms in total. The summed E-state index contributed by atoms with van der Waals surface area (Å²) in [5, 5.41) is 17.4. The molecule has 20 heavy (non-hydrogen) atoms. The number of aryl methyl sites for hydroxylation is 1. The van der Waals surface area contributed by atoms with E-state index >= 15 is 0 Å². The van der Waals surface area contributed by atoms with Gasteiger partial charge in [0.05, 0.1) is 14.7 Å². The topological polar surface area (TPSA) is 84.3 Å². The van der Waals surface area contributed by atoms with Crippen molar-refractivity contribution in [2.75, 3.05) is 0 Å². The Morgan fingerprint density at radius 1 is 1.45 bits per heavy atom. The van der Waals surface area contributed by atoms with Gasteiger partial charge in [-0.05, 0) is 32.6 Å². The van der Waals surface area contributed by atoms with Crippen LogP contribution in [0.2, 0.25) is 0 Å². The second-order valence-corrected chi connectivity index (χ2v) is 6.85. The average molecular weight is 295 g/mol. The lowest BCUT2D eigenvalue weighted by molar-refractivity contribution is -0.385. The average Bonchev–Trinajstić information content (AvgIpc) is 2.93. The van der Waals surface area contributed by atoms with Gasteiger partial charge in [-0.15, -0.1) is 11.3 Å². The summed E-state index contributed by atoms with van der Waals surface area (Å²) in [6.45, 7) is 1.67. The zero-order chi connectivity index (χ0) is 14.3. The fraction of sp³-hybridized carbons (Fsp3) is 0.615. The Kier molecular flexibility index (Phi) is 3.47. The first-order valence-corrected chi connectivity index (χ1v) is 7.66. The Bertz CT molecular complexity index is 545. The number of piperidine rings is 1. The minimum atomic E-state index is -0.437. The Labute approximate surface area is 120 Å². The van der Waals surface area contributed by atoms with Crippen LogP contribution in [0.3, 0.4) is 0 Å². The van der Waals surface area contributed by atoms with Crippen LogP contribution in [0.5, 0.6) is 0 Å². The van der Waals surface area contributed by atoms with Crippen LogP contribution in [0.4, 0.5) is 5.69 Å². The summed E-state index contributed by atoms with van der Waals surface area (Å²) in [5.74, 6) is -0.183. The van der Waals surface area contributed by atoms with Crippen LogP contribution in [0.25, 0.3) is 0 Å². The number of fused-ring (bicyclic) bond motifs is 2. The highest BCUT2D eigenvalue weighted by molar-refractivity contribution is 7.14. The molecule has 0 spiro atoms. The third-order valence-corrected chi connectivity index (χ3v) is 5.16. The lowest BCUT2D eigenvalue weighted by atomic mass is 10.00. The number of amides is 1. The molecule has 108 valence electrons. The number of hydrogen-bond donors (Lipinski definition) is 2. The number of rotatable bonds is 3. The number of nitro groups is 1. The van der Waals surface area contributed by atoms with E-state index in [0.29, 0.717) is 21.8 Å². The maximum absolute atomic E-state index is 12.2. The van der Waals surface area contributed by atoms with E-state index in [-0.39, 0.29) is 17.6 Å². The lowest BCUT2D eigenvalue weighted by Gasteiger charge is -2.29. The molecular weight excluding hydrogens is 278 g/mol. The summed E-state index contributed by atoms with van der Waals surface area (Å²) in [5.41, 5.74) is 0.0329. The van der Waals surface area contributed by atoms with Gasteiger partial charge in [0.2, 0.25) is 0 Å². The third-order valence-electron chi connectivity index (χ3n) is 4.12. The first-order chi connectivity index (χ1) is 9.52. The molecule has 0 radical (unpaired) electrons. The molecule has 2 aliphatic rings. The third kappa shape index (κ3) is 2.55. The minimum absolute atomic E-state index is 0.0329. The highest BCUT2D eigenvalue weighted by Gasteiger charge is 2.34. The number of carbonyl (C=O) groups excluding carboxylic acids is 1. The van der Waals surface area contributed by atoms with Crippen LogP contribution in [-0.2, 0) is 0 Å². The second-order valence-electron chi connectivity index (χ2n) is 5.59. The highest BCUT2D eigenvalue weighted by Crippen LogP contribution is 2.30. The normalized spacial score (nSPS) is 28.4. The molecule has 2 N–H and O–H groups in total. The summed E-state index contributed by atoms with van der Waals surface area (Å²) < 4.78 is 0. The molecule has 3 rings (SSSR count). The van der Waals surface area contributed by atoms with Gasteiger partial charge in [0.25, 0.3) is 11.6 Å². The van der Waals surface area contributed by atoms with Crippen LogP contribution in [0, 0.1) is 17.0 Å². The molecule has 7 heteroatoms. The fourth-order valence-electron chi connectivity index (χ4n) is 3.20. The molecule has 2 atom stereocenters.